The first-order valence-electron chi connectivity index (χ1n) is 10.1. The number of aromatic nitrogens is 2. The summed E-state index contributed by atoms with van der Waals surface area (Å²) >= 11 is 5.54. The van der Waals surface area contributed by atoms with E-state index in [0.717, 1.165) is 16.9 Å². The van der Waals surface area contributed by atoms with Crippen molar-refractivity contribution >= 4 is 29.2 Å². The van der Waals surface area contributed by atoms with Crippen molar-refractivity contribution in [2.75, 3.05) is 11.2 Å². The number of anilines is 1. The first-order valence-corrected chi connectivity index (χ1v) is 10.6. The molecule has 0 fully saturated rings. The number of carboxylic acids is 1. The van der Waals surface area contributed by atoms with Crippen LogP contribution in [0.3, 0.4) is 0 Å². The second kappa shape index (κ2) is 10.0. The van der Waals surface area contributed by atoms with Gasteiger partial charge in [0.25, 0.3) is 0 Å². The number of nitrogens with zero attached hydrogens (tertiary/aromatic N) is 2. The summed E-state index contributed by atoms with van der Waals surface area (Å²) in [7, 11) is 0. The Bertz CT molecular complexity index is 1270. The molecule has 1 amide bonds. The molecule has 4 rings (SSSR count). The second-order valence-electron chi connectivity index (χ2n) is 7.20. The summed E-state index contributed by atoms with van der Waals surface area (Å²) in [5.74, 6) is -0.151. The molecule has 0 atom stereocenters. The van der Waals surface area contributed by atoms with Crippen LogP contribution in [0.5, 0.6) is 11.5 Å². The second-order valence-corrected chi connectivity index (χ2v) is 7.47. The van der Waals surface area contributed by atoms with E-state index in [9.17, 15) is 14.7 Å². The van der Waals surface area contributed by atoms with Crippen LogP contribution in [0.2, 0.25) is 0 Å². The fraction of sp³-hybridized carbons (Fsp3) is 0.0800. The van der Waals surface area contributed by atoms with Crippen LogP contribution in [0.15, 0.2) is 84.9 Å². The lowest BCUT2D eigenvalue weighted by Gasteiger charge is -2.08. The van der Waals surface area contributed by atoms with Gasteiger partial charge in [-0.15, -0.1) is 11.6 Å². The predicted octanol–water partition coefficient (Wildman–Crippen LogP) is 5.27. The van der Waals surface area contributed by atoms with Gasteiger partial charge in [0.15, 0.2) is 0 Å². The molecule has 0 aliphatic heterocycles. The maximum absolute atomic E-state index is 11.8. The molecule has 8 heteroatoms. The van der Waals surface area contributed by atoms with Crippen LogP contribution in [0.4, 0.5) is 5.69 Å². The minimum atomic E-state index is -1.08. The molecule has 7 nitrogen and oxygen atoms in total. The highest BCUT2D eigenvalue weighted by molar-refractivity contribution is 6.29. The number of aromatic carboxylic acids is 1. The third-order valence-corrected chi connectivity index (χ3v) is 5.04. The zero-order chi connectivity index (χ0) is 23.2. The van der Waals surface area contributed by atoms with Gasteiger partial charge >= 0.3 is 5.97 Å². The van der Waals surface area contributed by atoms with Gasteiger partial charge in [-0.25, -0.2) is 4.79 Å². The lowest BCUT2D eigenvalue weighted by atomic mass is 10.1. The maximum atomic E-state index is 11.8. The number of hydrogen-bond acceptors (Lipinski definition) is 4. The molecule has 0 saturated heterocycles. The molecule has 3 aromatic carbocycles. The van der Waals surface area contributed by atoms with Crippen molar-refractivity contribution in [1.29, 1.82) is 0 Å². The molecular formula is C25H20ClN3O4. The van der Waals surface area contributed by atoms with E-state index < -0.39 is 5.97 Å². The maximum Gasteiger partial charge on any atom is 0.354 e. The Morgan fingerprint density at radius 2 is 1.67 bits per heavy atom. The van der Waals surface area contributed by atoms with Crippen LogP contribution in [0.1, 0.15) is 16.1 Å². The van der Waals surface area contributed by atoms with Crippen molar-refractivity contribution in [1.82, 2.24) is 9.78 Å². The number of ether oxygens (including phenoxy) is 1. The first kappa shape index (κ1) is 22.1. The third-order valence-electron chi connectivity index (χ3n) is 4.79. The van der Waals surface area contributed by atoms with Gasteiger partial charge in [-0.1, -0.05) is 30.3 Å². The van der Waals surface area contributed by atoms with Crippen LogP contribution >= 0.6 is 11.6 Å². The SMILES string of the molecule is O=C(CCl)Nc1cccc(Cn2nc(-c3ccc(Oc4ccccc4)cc3)cc2C(=O)O)c1. The highest BCUT2D eigenvalue weighted by Gasteiger charge is 2.16. The lowest BCUT2D eigenvalue weighted by molar-refractivity contribution is -0.113. The van der Waals surface area contributed by atoms with Crippen molar-refractivity contribution < 1.29 is 19.4 Å². The summed E-state index contributed by atoms with van der Waals surface area (Å²) in [6.45, 7) is 0.224. The topological polar surface area (TPSA) is 93.5 Å². The van der Waals surface area contributed by atoms with E-state index in [1.807, 2.05) is 60.7 Å². The Hall–Kier alpha value is -4.10. The third kappa shape index (κ3) is 5.58. The Morgan fingerprint density at radius 1 is 0.939 bits per heavy atom. The Balaban J connectivity index is 1.55. The van der Waals surface area contributed by atoms with Crippen LogP contribution in [0, 0.1) is 0 Å². The van der Waals surface area contributed by atoms with Gasteiger partial charge < -0.3 is 15.2 Å². The molecule has 0 aliphatic rings. The zero-order valence-electron chi connectivity index (χ0n) is 17.4. The van der Waals surface area contributed by atoms with Crippen molar-refractivity contribution in [3.05, 3.63) is 96.2 Å². The molecule has 1 aromatic heterocycles. The number of carbonyl (C=O) groups excluding carboxylic acids is 1. The number of carbonyl (C=O) groups is 2. The molecule has 0 bridgehead atoms. The molecule has 0 unspecified atom stereocenters. The van der Waals surface area contributed by atoms with Gasteiger partial charge in [0, 0.05) is 11.3 Å². The Labute approximate surface area is 195 Å². The van der Waals surface area contributed by atoms with Crippen molar-refractivity contribution in [2.24, 2.45) is 0 Å². The minimum Gasteiger partial charge on any atom is -0.477 e. The molecular weight excluding hydrogens is 442 g/mol. The summed E-state index contributed by atoms with van der Waals surface area (Å²) in [5, 5.41) is 16.8. The Kier molecular flexibility index (Phi) is 6.71. The number of amides is 1. The number of para-hydroxylation sites is 1. The summed E-state index contributed by atoms with van der Waals surface area (Å²) < 4.78 is 7.23. The van der Waals surface area contributed by atoms with E-state index in [1.165, 1.54) is 10.7 Å². The molecule has 0 radical (unpaired) electrons. The van der Waals surface area contributed by atoms with Crippen molar-refractivity contribution in [3.8, 4) is 22.8 Å². The van der Waals surface area contributed by atoms with E-state index in [2.05, 4.69) is 10.4 Å². The van der Waals surface area contributed by atoms with E-state index >= 15 is 0 Å². The van der Waals surface area contributed by atoms with Gasteiger partial charge in [0.2, 0.25) is 5.91 Å². The van der Waals surface area contributed by atoms with Gasteiger partial charge in [-0.3, -0.25) is 9.48 Å². The van der Waals surface area contributed by atoms with Gasteiger partial charge in [-0.05, 0) is 60.2 Å². The number of benzene rings is 3. The number of alkyl halides is 1. The summed E-state index contributed by atoms with van der Waals surface area (Å²) in [6, 6.07) is 25.4. The highest BCUT2D eigenvalue weighted by Crippen LogP contribution is 2.26. The smallest absolute Gasteiger partial charge is 0.354 e. The van der Waals surface area contributed by atoms with Crippen LogP contribution in [-0.2, 0) is 11.3 Å². The average Bonchev–Trinajstić information content (AvgIpc) is 3.24. The quantitative estimate of drug-likeness (QED) is 0.349. The fourth-order valence-corrected chi connectivity index (χ4v) is 3.35. The molecule has 166 valence electrons. The fourth-order valence-electron chi connectivity index (χ4n) is 3.28. The van der Waals surface area contributed by atoms with E-state index in [1.54, 1.807) is 18.2 Å². The minimum absolute atomic E-state index is 0.0600. The molecule has 4 aromatic rings. The number of nitrogens with one attached hydrogen (secondary N) is 1. The van der Waals surface area contributed by atoms with E-state index in [0.29, 0.717) is 17.1 Å². The molecule has 0 aliphatic carbocycles. The van der Waals surface area contributed by atoms with E-state index in [4.69, 9.17) is 16.3 Å². The summed E-state index contributed by atoms with van der Waals surface area (Å²) in [5.41, 5.74) is 2.72. The molecule has 33 heavy (non-hydrogen) atoms. The van der Waals surface area contributed by atoms with Crippen LogP contribution < -0.4 is 10.1 Å². The van der Waals surface area contributed by atoms with Gasteiger partial charge in [0.1, 0.15) is 23.1 Å². The summed E-state index contributed by atoms with van der Waals surface area (Å²) in [4.78, 5) is 23.3. The number of carboxylic acid groups (broad SMARTS) is 1. The van der Waals surface area contributed by atoms with Crippen molar-refractivity contribution in [3.63, 3.8) is 0 Å². The predicted molar refractivity (Wildman–Crippen MR) is 126 cm³/mol. The average molecular weight is 462 g/mol. The molecule has 0 saturated carbocycles. The molecule has 2 N–H and O–H groups in total. The highest BCUT2D eigenvalue weighted by atomic mass is 35.5. The van der Waals surface area contributed by atoms with Crippen LogP contribution in [0.25, 0.3) is 11.3 Å². The monoisotopic (exact) mass is 461 g/mol. The van der Waals surface area contributed by atoms with E-state index in [-0.39, 0.29) is 24.0 Å². The largest absolute Gasteiger partial charge is 0.477 e. The van der Waals surface area contributed by atoms with Crippen LogP contribution in [-0.4, -0.2) is 32.6 Å². The van der Waals surface area contributed by atoms with Gasteiger partial charge in [-0.2, -0.15) is 5.10 Å². The molecule has 1 heterocycles. The summed E-state index contributed by atoms with van der Waals surface area (Å²) in [6.07, 6.45) is 0. The zero-order valence-corrected chi connectivity index (χ0v) is 18.2. The van der Waals surface area contributed by atoms with Gasteiger partial charge in [0.05, 0.1) is 12.2 Å². The Morgan fingerprint density at radius 3 is 2.36 bits per heavy atom. The number of halogens is 1. The lowest BCUT2D eigenvalue weighted by Crippen LogP contribution is -2.13. The van der Waals surface area contributed by atoms with Crippen molar-refractivity contribution in [2.45, 2.75) is 6.54 Å². The molecule has 0 spiro atoms. The first-order chi connectivity index (χ1) is 16.0. The number of rotatable bonds is 8. The standard InChI is InChI=1S/C25H20ClN3O4/c26-15-24(30)27-19-6-4-5-17(13-19)16-29-23(25(31)32)14-22(28-29)18-9-11-21(12-10-18)33-20-7-2-1-3-8-20/h1-14H,15-16H2,(H,27,30)(H,31,32). The normalized spacial score (nSPS) is 10.6. The number of hydrogen-bond donors (Lipinski definition) is 2.